The average Bonchev–Trinajstić information content (AvgIpc) is 2.84. The second kappa shape index (κ2) is 5.21. The van der Waals surface area contributed by atoms with Crippen molar-refractivity contribution < 1.29 is 10.4 Å². The van der Waals surface area contributed by atoms with E-state index in [9.17, 15) is 5.11 Å². The van der Waals surface area contributed by atoms with Crippen molar-refractivity contribution in [3.8, 4) is 0 Å². The zero-order chi connectivity index (χ0) is 15.5. The molecule has 0 unspecified atom stereocenters. The van der Waals surface area contributed by atoms with E-state index in [2.05, 4.69) is 26.2 Å². The first-order valence-electron chi connectivity index (χ1n) is 9.96. The third-order valence-electron chi connectivity index (χ3n) is 9.11. The Morgan fingerprint density at radius 3 is 2.36 bits per heavy atom. The van der Waals surface area contributed by atoms with Gasteiger partial charge in [-0.2, -0.15) is 0 Å². The molecular formula is C20H36NO+. The van der Waals surface area contributed by atoms with Crippen LogP contribution in [-0.2, 0) is 0 Å². The molecule has 0 aromatic carbocycles. The van der Waals surface area contributed by atoms with Gasteiger partial charge in [0, 0.05) is 11.8 Å². The van der Waals surface area contributed by atoms with Crippen LogP contribution in [0.2, 0.25) is 0 Å². The third-order valence-corrected chi connectivity index (χ3v) is 9.11. The van der Waals surface area contributed by atoms with Crippen LogP contribution in [0.25, 0.3) is 0 Å². The van der Waals surface area contributed by atoms with E-state index in [-0.39, 0.29) is 6.10 Å². The molecule has 4 fully saturated rings. The Bertz CT molecular complexity index is 437. The standard InChI is InChI=1S/C20H35NO/c1-19-10-8-14(22)12-13(19)4-5-15-16-6-7-18(21-3)20(16,2)11-9-17(15)19/h13-18,21-22H,4-12H2,1-3H3/p+1/t13-,14+,15+,16+,17-,18+,19-,20-/m0/s1. The summed E-state index contributed by atoms with van der Waals surface area (Å²) in [6.45, 7) is 5.21. The van der Waals surface area contributed by atoms with Gasteiger partial charge in [0.15, 0.2) is 0 Å². The van der Waals surface area contributed by atoms with Crippen molar-refractivity contribution in [1.29, 1.82) is 0 Å². The molecule has 3 N–H and O–H groups in total. The van der Waals surface area contributed by atoms with E-state index in [1.807, 2.05) is 0 Å². The highest BCUT2D eigenvalue weighted by Crippen LogP contribution is 2.65. The zero-order valence-corrected chi connectivity index (χ0v) is 14.9. The molecule has 4 aliphatic carbocycles. The molecule has 0 heterocycles. The Hall–Kier alpha value is -0.0800. The van der Waals surface area contributed by atoms with Crippen molar-refractivity contribution in [2.45, 2.75) is 83.8 Å². The highest BCUT2D eigenvalue weighted by molar-refractivity contribution is 5.09. The summed E-state index contributed by atoms with van der Waals surface area (Å²) in [6.07, 6.45) is 12.1. The number of hydrogen-bond donors (Lipinski definition) is 2. The van der Waals surface area contributed by atoms with Crippen LogP contribution in [0.4, 0.5) is 0 Å². The lowest BCUT2D eigenvalue weighted by Gasteiger charge is -2.60. The number of quaternary nitrogens is 1. The van der Waals surface area contributed by atoms with Crippen molar-refractivity contribution in [3.63, 3.8) is 0 Å². The first kappa shape index (κ1) is 15.4. The number of fused-ring (bicyclic) bond motifs is 5. The van der Waals surface area contributed by atoms with E-state index in [0.29, 0.717) is 10.8 Å². The topological polar surface area (TPSA) is 36.8 Å². The van der Waals surface area contributed by atoms with Crippen molar-refractivity contribution in [3.05, 3.63) is 0 Å². The predicted octanol–water partition coefficient (Wildman–Crippen LogP) is 2.95. The van der Waals surface area contributed by atoms with Gasteiger partial charge < -0.3 is 10.4 Å². The Kier molecular flexibility index (Phi) is 3.66. The fourth-order valence-corrected chi connectivity index (χ4v) is 7.82. The van der Waals surface area contributed by atoms with Crippen LogP contribution < -0.4 is 5.32 Å². The molecule has 8 atom stereocenters. The van der Waals surface area contributed by atoms with Gasteiger partial charge in [-0.25, -0.2) is 0 Å². The maximum Gasteiger partial charge on any atom is 0.0914 e. The summed E-state index contributed by atoms with van der Waals surface area (Å²) < 4.78 is 0. The smallest absolute Gasteiger partial charge is 0.0914 e. The number of hydrogen-bond acceptors (Lipinski definition) is 1. The number of rotatable bonds is 1. The molecule has 0 aliphatic heterocycles. The second-order valence-corrected chi connectivity index (χ2v) is 9.65. The van der Waals surface area contributed by atoms with E-state index in [0.717, 1.165) is 42.6 Å². The third kappa shape index (κ3) is 1.99. The van der Waals surface area contributed by atoms with Gasteiger partial charge >= 0.3 is 0 Å². The molecule has 0 aromatic rings. The molecule has 4 rings (SSSR count). The Balaban J connectivity index is 1.61. The summed E-state index contributed by atoms with van der Waals surface area (Å²) in [7, 11) is 2.30. The summed E-state index contributed by atoms with van der Waals surface area (Å²) in [5.74, 6) is 3.72. The molecule has 4 aliphatic rings. The normalized spacial score (nSPS) is 57.8. The molecule has 0 radical (unpaired) electrons. The molecule has 126 valence electrons. The predicted molar refractivity (Wildman–Crippen MR) is 89.4 cm³/mol. The molecule has 22 heavy (non-hydrogen) atoms. The minimum absolute atomic E-state index is 0.00552. The Morgan fingerprint density at radius 2 is 1.59 bits per heavy atom. The van der Waals surface area contributed by atoms with Gasteiger partial charge in [-0.3, -0.25) is 0 Å². The Morgan fingerprint density at radius 1 is 0.864 bits per heavy atom. The first-order chi connectivity index (χ1) is 10.5. The van der Waals surface area contributed by atoms with E-state index < -0.39 is 0 Å². The number of aliphatic hydroxyl groups excluding tert-OH is 1. The monoisotopic (exact) mass is 306 g/mol. The van der Waals surface area contributed by atoms with Crippen LogP contribution in [0.5, 0.6) is 0 Å². The maximum absolute atomic E-state index is 10.1. The molecule has 0 spiro atoms. The minimum atomic E-state index is -0.00552. The van der Waals surface area contributed by atoms with E-state index in [1.165, 1.54) is 44.9 Å². The quantitative estimate of drug-likeness (QED) is 0.768. The van der Waals surface area contributed by atoms with Gasteiger partial charge in [-0.05, 0) is 80.5 Å². The summed E-state index contributed by atoms with van der Waals surface area (Å²) in [6, 6.07) is 0.872. The van der Waals surface area contributed by atoms with Crippen molar-refractivity contribution >= 4 is 0 Å². The summed E-state index contributed by atoms with van der Waals surface area (Å²) >= 11 is 0. The molecule has 2 nitrogen and oxygen atoms in total. The average molecular weight is 307 g/mol. The number of nitrogens with two attached hydrogens (primary N) is 1. The first-order valence-corrected chi connectivity index (χ1v) is 9.96. The summed E-state index contributed by atoms with van der Waals surface area (Å²) in [5, 5.41) is 12.6. The highest BCUT2D eigenvalue weighted by Gasteiger charge is 2.60. The fraction of sp³-hybridized carbons (Fsp3) is 1.00. The molecular weight excluding hydrogens is 270 g/mol. The SMILES string of the molecule is C[NH2+][C@@H]1CC[C@@H]2[C@H]3CC[C@H]4C[C@H](O)CC[C@]4(C)[C@H]3CC[C@@]21C. The largest absolute Gasteiger partial charge is 0.393 e. The lowest BCUT2D eigenvalue weighted by Crippen LogP contribution is -2.89. The fourth-order valence-electron chi connectivity index (χ4n) is 7.82. The second-order valence-electron chi connectivity index (χ2n) is 9.65. The van der Waals surface area contributed by atoms with Crippen LogP contribution in [0.3, 0.4) is 0 Å². The highest BCUT2D eigenvalue weighted by atomic mass is 16.3. The van der Waals surface area contributed by atoms with Crippen molar-refractivity contribution in [2.24, 2.45) is 34.5 Å². The molecule has 2 heteroatoms. The van der Waals surface area contributed by atoms with Gasteiger partial charge in [-0.1, -0.05) is 13.8 Å². The molecule has 4 saturated carbocycles. The van der Waals surface area contributed by atoms with Gasteiger partial charge in [0.2, 0.25) is 0 Å². The van der Waals surface area contributed by atoms with E-state index in [1.54, 1.807) is 0 Å². The summed E-state index contributed by atoms with van der Waals surface area (Å²) in [4.78, 5) is 0. The van der Waals surface area contributed by atoms with Gasteiger partial charge in [0.1, 0.15) is 0 Å². The minimum Gasteiger partial charge on any atom is -0.393 e. The lowest BCUT2D eigenvalue weighted by atomic mass is 9.45. The molecule has 0 amide bonds. The van der Waals surface area contributed by atoms with Crippen LogP contribution >= 0.6 is 0 Å². The van der Waals surface area contributed by atoms with E-state index >= 15 is 0 Å². The van der Waals surface area contributed by atoms with Crippen LogP contribution in [-0.4, -0.2) is 24.3 Å². The maximum atomic E-state index is 10.1. The van der Waals surface area contributed by atoms with Gasteiger partial charge in [0.05, 0.1) is 19.2 Å². The van der Waals surface area contributed by atoms with Crippen LogP contribution in [0.1, 0.15) is 71.6 Å². The molecule has 0 bridgehead atoms. The number of aliphatic hydroxyl groups is 1. The van der Waals surface area contributed by atoms with Gasteiger partial charge in [-0.15, -0.1) is 0 Å². The van der Waals surface area contributed by atoms with Crippen molar-refractivity contribution in [2.75, 3.05) is 7.05 Å². The summed E-state index contributed by atoms with van der Waals surface area (Å²) in [5.41, 5.74) is 1.14. The van der Waals surface area contributed by atoms with Crippen LogP contribution in [0.15, 0.2) is 0 Å². The van der Waals surface area contributed by atoms with Crippen LogP contribution in [0, 0.1) is 34.5 Å². The lowest BCUT2D eigenvalue weighted by molar-refractivity contribution is -0.676. The van der Waals surface area contributed by atoms with Crippen molar-refractivity contribution in [1.82, 2.24) is 0 Å². The Labute approximate surface area is 136 Å². The van der Waals surface area contributed by atoms with E-state index in [4.69, 9.17) is 0 Å². The molecule has 0 aromatic heterocycles. The molecule has 0 saturated heterocycles. The van der Waals surface area contributed by atoms with Gasteiger partial charge in [0.25, 0.3) is 0 Å². The zero-order valence-electron chi connectivity index (χ0n) is 14.9.